The number of thioether (sulfide) groups is 1. The standard InChI is InChI=1S/C18H31N3O3S/c1-5-7-9-15(10-8-6-2)21-13-14(3)16(19-17(21)22)20-18(23)24-11-12-25-4/h13,15H,5-12H2,1-4H3,(H,19,20,22,23). The molecule has 0 aromatic carbocycles. The van der Waals surface area contributed by atoms with Crippen molar-refractivity contribution in [3.05, 3.63) is 22.2 Å². The van der Waals surface area contributed by atoms with Crippen LogP contribution in [0.1, 0.15) is 64.0 Å². The number of rotatable bonds is 11. The van der Waals surface area contributed by atoms with Gasteiger partial charge in [-0.2, -0.15) is 16.7 Å². The molecule has 0 aliphatic rings. The van der Waals surface area contributed by atoms with E-state index < -0.39 is 6.09 Å². The van der Waals surface area contributed by atoms with Gasteiger partial charge in [0, 0.05) is 23.6 Å². The Labute approximate surface area is 154 Å². The van der Waals surface area contributed by atoms with Crippen molar-refractivity contribution < 1.29 is 9.53 Å². The van der Waals surface area contributed by atoms with Crippen LogP contribution in [0.25, 0.3) is 0 Å². The number of unbranched alkanes of at least 4 members (excludes halogenated alkanes) is 2. The summed E-state index contributed by atoms with van der Waals surface area (Å²) in [5.74, 6) is 1.01. The van der Waals surface area contributed by atoms with E-state index >= 15 is 0 Å². The maximum absolute atomic E-state index is 12.5. The van der Waals surface area contributed by atoms with Gasteiger partial charge < -0.3 is 4.74 Å². The number of amides is 1. The third kappa shape index (κ3) is 7.50. The molecule has 0 unspecified atom stereocenters. The van der Waals surface area contributed by atoms with Gasteiger partial charge in [0.25, 0.3) is 0 Å². The highest BCUT2D eigenvalue weighted by Gasteiger charge is 2.16. The van der Waals surface area contributed by atoms with Gasteiger partial charge in [-0.1, -0.05) is 39.5 Å². The lowest BCUT2D eigenvalue weighted by Gasteiger charge is -2.20. The van der Waals surface area contributed by atoms with Crippen LogP contribution in [0.4, 0.5) is 10.6 Å². The van der Waals surface area contributed by atoms with Crippen LogP contribution in [0.2, 0.25) is 0 Å². The van der Waals surface area contributed by atoms with E-state index in [9.17, 15) is 9.59 Å². The molecule has 142 valence electrons. The van der Waals surface area contributed by atoms with Crippen LogP contribution in [0.15, 0.2) is 11.0 Å². The highest BCUT2D eigenvalue weighted by atomic mass is 32.2. The molecule has 1 rings (SSSR count). The van der Waals surface area contributed by atoms with Crippen molar-refractivity contribution in [3.8, 4) is 0 Å². The lowest BCUT2D eigenvalue weighted by molar-refractivity contribution is 0.169. The average molecular weight is 370 g/mol. The third-order valence-corrected chi connectivity index (χ3v) is 4.63. The molecule has 25 heavy (non-hydrogen) atoms. The zero-order valence-electron chi connectivity index (χ0n) is 15.8. The van der Waals surface area contributed by atoms with Crippen LogP contribution >= 0.6 is 11.8 Å². The number of carbonyl (C=O) groups excluding carboxylic acids is 1. The van der Waals surface area contributed by atoms with E-state index in [1.54, 1.807) is 16.3 Å². The number of nitrogens with one attached hydrogen (secondary N) is 1. The van der Waals surface area contributed by atoms with Crippen molar-refractivity contribution in [2.45, 2.75) is 65.3 Å². The van der Waals surface area contributed by atoms with Crippen LogP contribution in [-0.2, 0) is 4.74 Å². The Morgan fingerprint density at radius 2 is 1.96 bits per heavy atom. The maximum atomic E-state index is 12.5. The zero-order chi connectivity index (χ0) is 18.7. The number of carbonyl (C=O) groups is 1. The highest BCUT2D eigenvalue weighted by Crippen LogP contribution is 2.21. The molecule has 7 heteroatoms. The molecule has 0 fully saturated rings. The van der Waals surface area contributed by atoms with Crippen LogP contribution in [-0.4, -0.2) is 34.3 Å². The number of aryl methyl sites for hydroxylation is 1. The van der Waals surface area contributed by atoms with E-state index in [1.165, 1.54) is 0 Å². The number of anilines is 1. The Balaban J connectivity index is 2.88. The summed E-state index contributed by atoms with van der Waals surface area (Å²) in [5.41, 5.74) is 0.446. The molecule has 1 aromatic rings. The predicted octanol–water partition coefficient (Wildman–Crippen LogP) is 4.38. The molecule has 0 bridgehead atoms. The number of hydrogen-bond acceptors (Lipinski definition) is 5. The number of nitrogens with zero attached hydrogens (tertiary/aromatic N) is 2. The fourth-order valence-corrected chi connectivity index (χ4v) is 2.86. The van der Waals surface area contributed by atoms with Gasteiger partial charge in [0.05, 0.1) is 0 Å². The van der Waals surface area contributed by atoms with E-state index in [1.807, 2.05) is 19.4 Å². The smallest absolute Gasteiger partial charge is 0.412 e. The number of aromatic nitrogens is 2. The Hall–Kier alpha value is -1.50. The van der Waals surface area contributed by atoms with Gasteiger partial charge in [-0.05, 0) is 26.0 Å². The van der Waals surface area contributed by atoms with Gasteiger partial charge in [0.1, 0.15) is 12.4 Å². The van der Waals surface area contributed by atoms with Gasteiger partial charge in [-0.3, -0.25) is 9.88 Å². The SMILES string of the molecule is CCCCC(CCCC)n1cc(C)c(NC(=O)OCCSC)nc1=O. The lowest BCUT2D eigenvalue weighted by atomic mass is 10.0. The minimum Gasteiger partial charge on any atom is -0.448 e. The topological polar surface area (TPSA) is 73.2 Å². The van der Waals surface area contributed by atoms with Crippen LogP contribution < -0.4 is 11.0 Å². The molecule has 0 spiro atoms. The first-order valence-electron chi connectivity index (χ1n) is 9.05. The van der Waals surface area contributed by atoms with Crippen LogP contribution in [0.3, 0.4) is 0 Å². The fraction of sp³-hybridized carbons (Fsp3) is 0.722. The second-order valence-corrected chi connectivity index (χ2v) is 7.14. The minimum absolute atomic E-state index is 0.168. The summed E-state index contributed by atoms with van der Waals surface area (Å²) in [6.07, 6.45) is 9.50. The Bertz CT molecular complexity index is 581. The van der Waals surface area contributed by atoms with E-state index in [2.05, 4.69) is 24.1 Å². The van der Waals surface area contributed by atoms with Crippen molar-refractivity contribution in [2.24, 2.45) is 0 Å². The monoisotopic (exact) mass is 369 g/mol. The summed E-state index contributed by atoms with van der Waals surface area (Å²) >= 11 is 1.60. The first kappa shape index (κ1) is 21.5. The van der Waals surface area contributed by atoms with Crippen LogP contribution in [0.5, 0.6) is 0 Å². The summed E-state index contributed by atoms with van der Waals surface area (Å²) < 4.78 is 6.77. The molecule has 1 heterocycles. The van der Waals surface area contributed by atoms with E-state index in [0.717, 1.165) is 49.8 Å². The summed E-state index contributed by atoms with van der Waals surface area (Å²) in [5, 5.41) is 2.57. The van der Waals surface area contributed by atoms with Crippen molar-refractivity contribution in [1.29, 1.82) is 0 Å². The molecule has 0 aliphatic heterocycles. The first-order valence-corrected chi connectivity index (χ1v) is 10.4. The van der Waals surface area contributed by atoms with E-state index in [4.69, 9.17) is 4.74 Å². The average Bonchev–Trinajstić information content (AvgIpc) is 2.58. The van der Waals surface area contributed by atoms with Gasteiger partial charge in [0.15, 0.2) is 0 Å². The zero-order valence-corrected chi connectivity index (χ0v) is 16.7. The largest absolute Gasteiger partial charge is 0.448 e. The fourth-order valence-electron chi connectivity index (χ4n) is 2.61. The molecule has 0 aliphatic carbocycles. The molecule has 1 amide bonds. The number of ether oxygens (including phenoxy) is 1. The summed E-state index contributed by atoms with van der Waals surface area (Å²) in [7, 11) is 0. The van der Waals surface area contributed by atoms with Crippen molar-refractivity contribution >= 4 is 23.7 Å². The second-order valence-electron chi connectivity index (χ2n) is 6.15. The molecule has 0 atom stereocenters. The highest BCUT2D eigenvalue weighted by molar-refractivity contribution is 7.98. The van der Waals surface area contributed by atoms with Gasteiger partial charge >= 0.3 is 11.8 Å². The van der Waals surface area contributed by atoms with Gasteiger partial charge in [0.2, 0.25) is 0 Å². The molecule has 0 saturated carbocycles. The first-order chi connectivity index (χ1) is 12.0. The van der Waals surface area contributed by atoms with Crippen molar-refractivity contribution in [2.75, 3.05) is 23.9 Å². The molecule has 0 saturated heterocycles. The van der Waals surface area contributed by atoms with Gasteiger partial charge in [-0.15, -0.1) is 0 Å². The molecule has 1 aromatic heterocycles. The number of hydrogen-bond donors (Lipinski definition) is 1. The Kier molecular flexibility index (Phi) is 10.3. The van der Waals surface area contributed by atoms with Gasteiger partial charge in [-0.25, -0.2) is 9.59 Å². The summed E-state index contributed by atoms with van der Waals surface area (Å²) in [6.45, 7) is 6.48. The molecule has 6 nitrogen and oxygen atoms in total. The van der Waals surface area contributed by atoms with Crippen molar-refractivity contribution in [1.82, 2.24) is 9.55 Å². The van der Waals surface area contributed by atoms with E-state index in [0.29, 0.717) is 6.61 Å². The van der Waals surface area contributed by atoms with Crippen LogP contribution in [0, 0.1) is 6.92 Å². The van der Waals surface area contributed by atoms with E-state index in [-0.39, 0.29) is 17.5 Å². The normalized spacial score (nSPS) is 10.9. The Morgan fingerprint density at radius 1 is 1.32 bits per heavy atom. The van der Waals surface area contributed by atoms with Crippen molar-refractivity contribution in [3.63, 3.8) is 0 Å². The third-order valence-electron chi connectivity index (χ3n) is 4.05. The molecule has 0 radical (unpaired) electrons. The Morgan fingerprint density at radius 3 is 2.52 bits per heavy atom. The molecule has 1 N–H and O–H groups in total. The second kappa shape index (κ2) is 12.0. The molecular weight excluding hydrogens is 338 g/mol. The lowest BCUT2D eigenvalue weighted by Crippen LogP contribution is -2.29. The predicted molar refractivity (Wildman–Crippen MR) is 105 cm³/mol. The summed E-state index contributed by atoms with van der Waals surface area (Å²) in [4.78, 5) is 28.3. The quantitative estimate of drug-likeness (QED) is 0.586. The molecular formula is C18H31N3O3S. The maximum Gasteiger partial charge on any atom is 0.412 e. The summed E-state index contributed by atoms with van der Waals surface area (Å²) in [6, 6.07) is 0.168. The minimum atomic E-state index is -0.574.